The summed E-state index contributed by atoms with van der Waals surface area (Å²) in [5, 5.41) is 3.55. The van der Waals surface area contributed by atoms with E-state index in [-0.39, 0.29) is 0 Å². The van der Waals surface area contributed by atoms with Gasteiger partial charge in [0.15, 0.2) is 0 Å². The Morgan fingerprint density at radius 1 is 1.15 bits per heavy atom. The Balaban J connectivity index is 1.78. The minimum absolute atomic E-state index is 0.393. The smallest absolute Gasteiger partial charge is 0.119 e. The highest BCUT2D eigenvalue weighted by Crippen LogP contribution is 2.11. The molecule has 20 heavy (non-hydrogen) atoms. The molecule has 0 saturated carbocycles. The van der Waals surface area contributed by atoms with Gasteiger partial charge in [0.1, 0.15) is 11.5 Å². The molecule has 2 aromatic rings. The van der Waals surface area contributed by atoms with Crippen LogP contribution in [0.4, 0.5) is 0 Å². The lowest BCUT2D eigenvalue weighted by molar-refractivity contribution is 0.280. The van der Waals surface area contributed by atoms with Crippen LogP contribution < -0.4 is 10.1 Å². The zero-order chi connectivity index (χ0) is 14.0. The van der Waals surface area contributed by atoms with Gasteiger partial charge in [-0.2, -0.15) is 0 Å². The summed E-state index contributed by atoms with van der Waals surface area (Å²) in [6, 6.07) is 14.3. The number of ether oxygens (including phenoxy) is 1. The van der Waals surface area contributed by atoms with E-state index in [2.05, 4.69) is 12.2 Å². The van der Waals surface area contributed by atoms with Crippen LogP contribution in [-0.4, -0.2) is 19.2 Å². The largest absolute Gasteiger partial charge is 0.494 e. The van der Waals surface area contributed by atoms with E-state index in [4.69, 9.17) is 9.15 Å². The summed E-state index contributed by atoms with van der Waals surface area (Å²) in [7, 11) is 0. The topological polar surface area (TPSA) is 34.4 Å². The molecule has 0 aliphatic heterocycles. The highest BCUT2D eigenvalue weighted by atomic mass is 16.5. The first-order valence-corrected chi connectivity index (χ1v) is 7.32. The summed E-state index contributed by atoms with van der Waals surface area (Å²) >= 11 is 0. The molecule has 0 aliphatic rings. The van der Waals surface area contributed by atoms with Crippen LogP contribution in [0.15, 0.2) is 53.1 Å². The molecule has 3 nitrogen and oxygen atoms in total. The summed E-state index contributed by atoms with van der Waals surface area (Å²) in [6.07, 6.45) is 4.74. The molecule has 0 amide bonds. The van der Waals surface area contributed by atoms with Gasteiger partial charge in [0.2, 0.25) is 0 Å². The molecule has 1 atom stereocenters. The van der Waals surface area contributed by atoms with E-state index in [1.807, 2.05) is 42.5 Å². The number of benzene rings is 1. The SMILES string of the molecule is CCCNC(CCOc1ccccc1)Cc1ccco1. The number of hydrogen-bond acceptors (Lipinski definition) is 3. The fourth-order valence-electron chi connectivity index (χ4n) is 2.13. The van der Waals surface area contributed by atoms with Crippen molar-refractivity contribution >= 4 is 0 Å². The third-order valence-corrected chi connectivity index (χ3v) is 3.19. The Kier molecular flexibility index (Phi) is 6.18. The number of hydrogen-bond donors (Lipinski definition) is 1. The Bertz CT molecular complexity index is 453. The van der Waals surface area contributed by atoms with E-state index >= 15 is 0 Å². The van der Waals surface area contributed by atoms with Crippen molar-refractivity contribution in [3.8, 4) is 5.75 Å². The van der Waals surface area contributed by atoms with Gasteiger partial charge < -0.3 is 14.5 Å². The summed E-state index contributed by atoms with van der Waals surface area (Å²) in [6.45, 7) is 3.92. The summed E-state index contributed by atoms with van der Waals surface area (Å²) in [5.41, 5.74) is 0. The minimum atomic E-state index is 0.393. The predicted molar refractivity (Wildman–Crippen MR) is 81.0 cm³/mol. The van der Waals surface area contributed by atoms with E-state index in [1.165, 1.54) is 0 Å². The van der Waals surface area contributed by atoms with Gasteiger partial charge in [-0.25, -0.2) is 0 Å². The minimum Gasteiger partial charge on any atom is -0.494 e. The van der Waals surface area contributed by atoms with Gasteiger partial charge in [-0.05, 0) is 43.7 Å². The molecule has 3 heteroatoms. The highest BCUT2D eigenvalue weighted by Gasteiger charge is 2.10. The lowest BCUT2D eigenvalue weighted by atomic mass is 10.1. The third kappa shape index (κ3) is 5.10. The second kappa shape index (κ2) is 8.43. The van der Waals surface area contributed by atoms with Gasteiger partial charge in [0, 0.05) is 12.5 Å². The third-order valence-electron chi connectivity index (χ3n) is 3.19. The summed E-state index contributed by atoms with van der Waals surface area (Å²) < 4.78 is 11.2. The molecule has 1 aromatic carbocycles. The van der Waals surface area contributed by atoms with Crippen LogP contribution in [0.1, 0.15) is 25.5 Å². The second-order valence-electron chi connectivity index (χ2n) is 4.88. The van der Waals surface area contributed by atoms with Crippen LogP contribution in [-0.2, 0) is 6.42 Å². The molecule has 2 rings (SSSR count). The van der Waals surface area contributed by atoms with Crippen LogP contribution in [0.25, 0.3) is 0 Å². The molecule has 0 saturated heterocycles. The van der Waals surface area contributed by atoms with Crippen molar-refractivity contribution < 1.29 is 9.15 Å². The van der Waals surface area contributed by atoms with E-state index < -0.39 is 0 Å². The number of rotatable bonds is 9. The molecule has 0 bridgehead atoms. The van der Waals surface area contributed by atoms with E-state index in [9.17, 15) is 0 Å². The first-order chi connectivity index (χ1) is 9.88. The lowest BCUT2D eigenvalue weighted by Gasteiger charge is -2.17. The van der Waals surface area contributed by atoms with Crippen molar-refractivity contribution in [2.24, 2.45) is 0 Å². The van der Waals surface area contributed by atoms with Gasteiger partial charge in [-0.1, -0.05) is 25.1 Å². The Morgan fingerprint density at radius 2 is 2.00 bits per heavy atom. The van der Waals surface area contributed by atoms with Gasteiger partial charge >= 0.3 is 0 Å². The predicted octanol–water partition coefficient (Wildman–Crippen LogP) is 3.66. The van der Waals surface area contributed by atoms with E-state index in [0.29, 0.717) is 12.6 Å². The normalized spacial score (nSPS) is 12.2. The Morgan fingerprint density at radius 3 is 2.70 bits per heavy atom. The summed E-state index contributed by atoms with van der Waals surface area (Å²) in [4.78, 5) is 0. The van der Waals surface area contributed by atoms with Crippen LogP contribution in [0.3, 0.4) is 0 Å². The summed E-state index contributed by atoms with van der Waals surface area (Å²) in [5.74, 6) is 1.96. The average molecular weight is 273 g/mol. The Labute approximate surface area is 121 Å². The van der Waals surface area contributed by atoms with Crippen molar-refractivity contribution in [2.75, 3.05) is 13.2 Å². The molecule has 1 N–H and O–H groups in total. The monoisotopic (exact) mass is 273 g/mol. The standard InChI is InChI=1S/C17H23NO2/c1-2-11-18-15(14-17-9-6-12-19-17)10-13-20-16-7-4-3-5-8-16/h3-9,12,15,18H,2,10-11,13-14H2,1H3. The van der Waals surface area contributed by atoms with Crippen LogP contribution in [0, 0.1) is 0 Å². The van der Waals surface area contributed by atoms with Crippen LogP contribution in [0.5, 0.6) is 5.75 Å². The van der Waals surface area contributed by atoms with Gasteiger partial charge in [0.05, 0.1) is 12.9 Å². The number of para-hydroxylation sites is 1. The fourth-order valence-corrected chi connectivity index (χ4v) is 2.13. The zero-order valence-electron chi connectivity index (χ0n) is 12.0. The maximum atomic E-state index is 5.77. The number of furan rings is 1. The molecule has 0 aliphatic carbocycles. The van der Waals surface area contributed by atoms with E-state index in [0.717, 1.165) is 37.3 Å². The molecular weight excluding hydrogens is 250 g/mol. The molecule has 1 aromatic heterocycles. The van der Waals surface area contributed by atoms with Gasteiger partial charge in [-0.15, -0.1) is 0 Å². The second-order valence-corrected chi connectivity index (χ2v) is 4.88. The molecule has 0 spiro atoms. The lowest BCUT2D eigenvalue weighted by Crippen LogP contribution is -2.33. The highest BCUT2D eigenvalue weighted by molar-refractivity contribution is 5.20. The molecule has 108 valence electrons. The van der Waals surface area contributed by atoms with Crippen molar-refractivity contribution in [1.82, 2.24) is 5.32 Å². The number of nitrogens with one attached hydrogen (secondary N) is 1. The molecule has 0 fully saturated rings. The molecular formula is C17H23NO2. The maximum absolute atomic E-state index is 5.77. The van der Waals surface area contributed by atoms with Gasteiger partial charge in [-0.3, -0.25) is 0 Å². The molecule has 1 unspecified atom stereocenters. The van der Waals surface area contributed by atoms with E-state index in [1.54, 1.807) is 6.26 Å². The van der Waals surface area contributed by atoms with Gasteiger partial charge in [0.25, 0.3) is 0 Å². The van der Waals surface area contributed by atoms with Crippen molar-refractivity contribution in [1.29, 1.82) is 0 Å². The molecule has 0 radical (unpaired) electrons. The van der Waals surface area contributed by atoms with Crippen molar-refractivity contribution in [2.45, 2.75) is 32.2 Å². The maximum Gasteiger partial charge on any atom is 0.119 e. The van der Waals surface area contributed by atoms with Crippen LogP contribution in [0.2, 0.25) is 0 Å². The quantitative estimate of drug-likeness (QED) is 0.757. The van der Waals surface area contributed by atoms with Crippen molar-refractivity contribution in [3.63, 3.8) is 0 Å². The first-order valence-electron chi connectivity index (χ1n) is 7.32. The fraction of sp³-hybridized carbons (Fsp3) is 0.412. The average Bonchev–Trinajstić information content (AvgIpc) is 2.98. The molecule has 1 heterocycles. The first kappa shape index (κ1) is 14.7. The van der Waals surface area contributed by atoms with Crippen LogP contribution >= 0.6 is 0 Å². The van der Waals surface area contributed by atoms with Crippen molar-refractivity contribution in [3.05, 3.63) is 54.5 Å². The zero-order valence-corrected chi connectivity index (χ0v) is 12.0. The Hall–Kier alpha value is -1.74.